The lowest BCUT2D eigenvalue weighted by Gasteiger charge is -2.27. The number of rotatable bonds is 6. The maximum atomic E-state index is 13.2. The minimum absolute atomic E-state index is 0.0683. The summed E-state index contributed by atoms with van der Waals surface area (Å²) in [5.74, 6) is -2.10. The highest BCUT2D eigenvalue weighted by molar-refractivity contribution is 5.91. The molecule has 2 amide bonds. The molecule has 0 atom stereocenters. The number of carbonyl (C=O) groups excluding carboxylic acids is 1. The number of aliphatic carboxylic acids is 1. The Morgan fingerprint density at radius 1 is 1.24 bits per heavy atom. The van der Waals surface area contributed by atoms with Gasteiger partial charge in [0.25, 0.3) is 6.43 Å². The predicted molar refractivity (Wildman–Crippen MR) is 83.4 cm³/mol. The minimum Gasteiger partial charge on any atom is -0.485 e. The van der Waals surface area contributed by atoms with Crippen LogP contribution in [0.15, 0.2) is 18.2 Å². The van der Waals surface area contributed by atoms with Gasteiger partial charge in [-0.3, -0.25) is 4.79 Å². The number of amides is 2. The second-order valence-electron chi connectivity index (χ2n) is 5.83. The van der Waals surface area contributed by atoms with Gasteiger partial charge in [0.2, 0.25) is 0 Å². The summed E-state index contributed by atoms with van der Waals surface area (Å²) in [4.78, 5) is 22.9. The topological polar surface area (TPSA) is 87.7 Å². The van der Waals surface area contributed by atoms with Gasteiger partial charge < -0.3 is 20.5 Å². The maximum absolute atomic E-state index is 13.2. The first-order valence-corrected chi connectivity index (χ1v) is 7.86. The molecule has 138 valence electrons. The number of alkyl halides is 2. The van der Waals surface area contributed by atoms with Crippen molar-refractivity contribution in [1.29, 1.82) is 0 Å². The van der Waals surface area contributed by atoms with E-state index in [1.54, 1.807) is 0 Å². The molecule has 0 spiro atoms. The molecule has 1 aliphatic rings. The average molecular weight is 360 g/mol. The second-order valence-corrected chi connectivity index (χ2v) is 5.83. The first-order chi connectivity index (χ1) is 11.8. The Labute approximate surface area is 142 Å². The highest BCUT2D eigenvalue weighted by Gasteiger charge is 2.26. The van der Waals surface area contributed by atoms with Crippen molar-refractivity contribution in [2.24, 2.45) is 5.92 Å². The molecule has 1 fully saturated rings. The SMILES string of the molecule is O=C(Nc1ccc(F)cc1OCC(F)F)NC1CCC(C(=O)O)CC1. The summed E-state index contributed by atoms with van der Waals surface area (Å²) >= 11 is 0. The zero-order valence-corrected chi connectivity index (χ0v) is 13.3. The zero-order chi connectivity index (χ0) is 18.4. The van der Waals surface area contributed by atoms with Gasteiger partial charge >= 0.3 is 12.0 Å². The Kier molecular flexibility index (Phi) is 6.49. The number of carboxylic acids is 1. The molecule has 0 saturated heterocycles. The third kappa shape index (κ3) is 5.84. The van der Waals surface area contributed by atoms with Gasteiger partial charge in [-0.25, -0.2) is 18.0 Å². The number of carboxylic acid groups (broad SMARTS) is 1. The number of ether oxygens (including phenoxy) is 1. The van der Waals surface area contributed by atoms with Gasteiger partial charge in [0.05, 0.1) is 11.6 Å². The van der Waals surface area contributed by atoms with Crippen LogP contribution < -0.4 is 15.4 Å². The van der Waals surface area contributed by atoms with Crippen molar-refractivity contribution in [2.75, 3.05) is 11.9 Å². The first-order valence-electron chi connectivity index (χ1n) is 7.86. The lowest BCUT2D eigenvalue weighted by atomic mass is 9.86. The van der Waals surface area contributed by atoms with Crippen LogP contribution in [0.2, 0.25) is 0 Å². The molecular weight excluding hydrogens is 341 g/mol. The Morgan fingerprint density at radius 2 is 1.92 bits per heavy atom. The fraction of sp³-hybridized carbons (Fsp3) is 0.500. The minimum atomic E-state index is -2.73. The molecule has 2 rings (SSSR count). The summed E-state index contributed by atoms with van der Waals surface area (Å²) in [6, 6.07) is 2.43. The van der Waals surface area contributed by atoms with E-state index in [2.05, 4.69) is 10.6 Å². The lowest BCUT2D eigenvalue weighted by molar-refractivity contribution is -0.142. The Bertz CT molecular complexity index is 619. The van der Waals surface area contributed by atoms with Gasteiger partial charge in [0.15, 0.2) is 0 Å². The van der Waals surface area contributed by atoms with Crippen molar-refractivity contribution in [2.45, 2.75) is 38.2 Å². The van der Waals surface area contributed by atoms with E-state index in [1.165, 1.54) is 6.07 Å². The number of nitrogens with one attached hydrogen (secondary N) is 2. The number of hydrogen-bond donors (Lipinski definition) is 3. The first kappa shape index (κ1) is 18.9. The van der Waals surface area contributed by atoms with Gasteiger partial charge in [-0.2, -0.15) is 0 Å². The van der Waals surface area contributed by atoms with Gasteiger partial charge in [-0.15, -0.1) is 0 Å². The number of anilines is 1. The molecule has 0 radical (unpaired) electrons. The molecule has 0 aromatic heterocycles. The number of halogens is 3. The number of hydrogen-bond acceptors (Lipinski definition) is 3. The van der Waals surface area contributed by atoms with E-state index in [0.29, 0.717) is 25.7 Å². The molecule has 1 saturated carbocycles. The van der Waals surface area contributed by atoms with Crippen LogP contribution in [0.4, 0.5) is 23.7 Å². The van der Waals surface area contributed by atoms with Crippen molar-refractivity contribution in [3.8, 4) is 5.75 Å². The van der Waals surface area contributed by atoms with Crippen molar-refractivity contribution < 1.29 is 32.6 Å². The third-order valence-electron chi connectivity index (χ3n) is 3.97. The molecule has 25 heavy (non-hydrogen) atoms. The molecule has 1 aliphatic carbocycles. The molecular formula is C16H19F3N2O4. The third-order valence-corrected chi connectivity index (χ3v) is 3.97. The fourth-order valence-corrected chi connectivity index (χ4v) is 2.70. The monoisotopic (exact) mass is 360 g/mol. The largest absolute Gasteiger partial charge is 0.485 e. The van der Waals surface area contributed by atoms with E-state index >= 15 is 0 Å². The van der Waals surface area contributed by atoms with E-state index in [9.17, 15) is 22.8 Å². The molecule has 9 heteroatoms. The van der Waals surface area contributed by atoms with E-state index in [1.807, 2.05) is 0 Å². The van der Waals surface area contributed by atoms with Gasteiger partial charge in [-0.1, -0.05) is 0 Å². The summed E-state index contributed by atoms with van der Waals surface area (Å²) < 4.78 is 42.6. The van der Waals surface area contributed by atoms with E-state index in [-0.39, 0.29) is 17.5 Å². The average Bonchev–Trinajstić information content (AvgIpc) is 2.55. The molecule has 0 unspecified atom stereocenters. The quantitative estimate of drug-likeness (QED) is 0.727. The standard InChI is InChI=1S/C16H19F3N2O4/c17-10-3-6-12(13(7-10)25-8-14(18)19)21-16(24)20-11-4-1-9(2-5-11)15(22)23/h3,6-7,9,11,14H,1-2,4-5,8H2,(H,22,23)(H2,20,21,24). The van der Waals surface area contributed by atoms with Crippen LogP contribution >= 0.6 is 0 Å². The fourth-order valence-electron chi connectivity index (χ4n) is 2.70. The van der Waals surface area contributed by atoms with Crippen LogP contribution in [0, 0.1) is 11.7 Å². The van der Waals surface area contributed by atoms with Crippen LogP contribution in [0.1, 0.15) is 25.7 Å². The van der Waals surface area contributed by atoms with Gasteiger partial charge in [0, 0.05) is 12.1 Å². The van der Waals surface area contributed by atoms with Gasteiger partial charge in [-0.05, 0) is 37.8 Å². The number of carbonyl (C=O) groups is 2. The Hall–Kier alpha value is -2.45. The maximum Gasteiger partial charge on any atom is 0.319 e. The molecule has 0 bridgehead atoms. The number of urea groups is 1. The van der Waals surface area contributed by atoms with Crippen LogP contribution in [0.5, 0.6) is 5.75 Å². The Balaban J connectivity index is 1.91. The van der Waals surface area contributed by atoms with Crippen molar-refractivity contribution in [3.63, 3.8) is 0 Å². The molecule has 6 nitrogen and oxygen atoms in total. The van der Waals surface area contributed by atoms with Crippen LogP contribution in [0.25, 0.3) is 0 Å². The van der Waals surface area contributed by atoms with E-state index in [0.717, 1.165) is 12.1 Å². The number of benzene rings is 1. The molecule has 0 heterocycles. The summed E-state index contributed by atoms with van der Waals surface area (Å²) in [5, 5.41) is 14.1. The summed E-state index contributed by atoms with van der Waals surface area (Å²) in [6.07, 6.45) is -0.723. The van der Waals surface area contributed by atoms with Crippen LogP contribution in [-0.4, -0.2) is 36.2 Å². The highest BCUT2D eigenvalue weighted by Crippen LogP contribution is 2.27. The van der Waals surface area contributed by atoms with Gasteiger partial charge in [0.1, 0.15) is 18.2 Å². The summed E-state index contributed by atoms with van der Waals surface area (Å²) in [5.41, 5.74) is 0.0683. The predicted octanol–water partition coefficient (Wildman–Crippen LogP) is 3.23. The van der Waals surface area contributed by atoms with Crippen molar-refractivity contribution in [1.82, 2.24) is 5.32 Å². The summed E-state index contributed by atoms with van der Waals surface area (Å²) in [7, 11) is 0. The summed E-state index contributed by atoms with van der Waals surface area (Å²) in [6.45, 7) is -0.918. The zero-order valence-electron chi connectivity index (χ0n) is 13.3. The van der Waals surface area contributed by atoms with E-state index in [4.69, 9.17) is 9.84 Å². The van der Waals surface area contributed by atoms with Crippen molar-refractivity contribution in [3.05, 3.63) is 24.0 Å². The smallest absolute Gasteiger partial charge is 0.319 e. The molecule has 3 N–H and O–H groups in total. The Morgan fingerprint density at radius 3 is 2.52 bits per heavy atom. The molecule has 0 aliphatic heterocycles. The second kappa shape index (κ2) is 8.59. The van der Waals surface area contributed by atoms with Crippen LogP contribution in [0.3, 0.4) is 0 Å². The molecule has 1 aromatic carbocycles. The highest BCUT2D eigenvalue weighted by atomic mass is 19.3. The molecule has 1 aromatic rings. The van der Waals surface area contributed by atoms with E-state index < -0.39 is 36.8 Å². The normalized spacial score (nSPS) is 20.2. The van der Waals surface area contributed by atoms with Crippen LogP contribution in [-0.2, 0) is 4.79 Å². The van der Waals surface area contributed by atoms with Crippen molar-refractivity contribution >= 4 is 17.7 Å². The lowest BCUT2D eigenvalue weighted by Crippen LogP contribution is -2.41.